The van der Waals surface area contributed by atoms with Gasteiger partial charge in [0.1, 0.15) is 28.9 Å². The topological polar surface area (TPSA) is 126 Å². The van der Waals surface area contributed by atoms with E-state index in [9.17, 15) is 14.9 Å². The summed E-state index contributed by atoms with van der Waals surface area (Å²) in [7, 11) is 1.52. The highest BCUT2D eigenvalue weighted by Crippen LogP contribution is 2.44. The van der Waals surface area contributed by atoms with E-state index in [2.05, 4.69) is 28.3 Å². The van der Waals surface area contributed by atoms with Crippen LogP contribution in [0.4, 0.5) is 11.4 Å². The number of carbonyl (C=O) groups excluding carboxylic acids is 2. The van der Waals surface area contributed by atoms with Gasteiger partial charge in [-0.1, -0.05) is 30.5 Å². The van der Waals surface area contributed by atoms with Crippen LogP contribution in [0.2, 0.25) is 0 Å². The van der Waals surface area contributed by atoms with Gasteiger partial charge in [0.25, 0.3) is 0 Å². The number of furan rings is 1. The molecule has 206 valence electrons. The van der Waals surface area contributed by atoms with Crippen molar-refractivity contribution in [2.75, 3.05) is 30.1 Å². The minimum absolute atomic E-state index is 0.0134. The molecule has 2 N–H and O–H groups in total. The van der Waals surface area contributed by atoms with E-state index in [1.807, 2.05) is 6.92 Å². The molecule has 4 rings (SSSR count). The molecule has 2 amide bonds. The third-order valence-electron chi connectivity index (χ3n) is 6.27. The Balaban J connectivity index is 1.55. The summed E-state index contributed by atoms with van der Waals surface area (Å²) in [5.41, 5.74) is 1.38. The summed E-state index contributed by atoms with van der Waals surface area (Å²) in [6.45, 7) is 8.31. The minimum Gasteiger partial charge on any atom is -0.495 e. The summed E-state index contributed by atoms with van der Waals surface area (Å²) < 4.78 is 16.7. The molecule has 0 saturated heterocycles. The first-order chi connectivity index (χ1) is 19.3. The second kappa shape index (κ2) is 13.0. The van der Waals surface area contributed by atoms with E-state index in [1.165, 1.54) is 7.11 Å². The number of ether oxygens (including phenoxy) is 2. The summed E-state index contributed by atoms with van der Waals surface area (Å²) in [6.07, 6.45) is 0. The third kappa shape index (κ3) is 6.55. The Morgan fingerprint density at radius 3 is 2.52 bits per heavy atom. The number of rotatable bonds is 9. The molecule has 0 fully saturated rings. The number of aliphatic imine (C=N–C) groups is 1. The molecule has 40 heavy (non-hydrogen) atoms. The Bertz CT molecular complexity index is 1460. The normalized spacial score (nSPS) is 18.3. The molecule has 1 unspecified atom stereocenters. The van der Waals surface area contributed by atoms with Gasteiger partial charge in [0.15, 0.2) is 0 Å². The number of nitrogens with one attached hydrogen (secondary N) is 2. The fourth-order valence-corrected chi connectivity index (χ4v) is 5.37. The van der Waals surface area contributed by atoms with Gasteiger partial charge in [-0.2, -0.15) is 5.26 Å². The first kappa shape index (κ1) is 28.5. The molecule has 0 saturated carbocycles. The molecule has 3 atom stereocenters. The highest BCUT2D eigenvalue weighted by atomic mass is 32.2. The van der Waals surface area contributed by atoms with Crippen molar-refractivity contribution in [2.24, 2.45) is 16.8 Å². The molecular formula is C30H30N4O5S. The zero-order valence-corrected chi connectivity index (χ0v) is 23.3. The predicted octanol–water partition coefficient (Wildman–Crippen LogP) is 5.77. The van der Waals surface area contributed by atoms with Crippen LogP contribution in [0.5, 0.6) is 11.5 Å². The number of carbonyl (C=O) groups is 2. The Kier molecular flexibility index (Phi) is 9.30. The smallest absolute Gasteiger partial charge is 0.234 e. The Labute approximate surface area is 237 Å². The number of anilines is 2. The highest BCUT2D eigenvalue weighted by molar-refractivity contribution is 8.14. The van der Waals surface area contributed by atoms with Crippen molar-refractivity contribution < 1.29 is 23.5 Å². The lowest BCUT2D eigenvalue weighted by Gasteiger charge is -2.33. The third-order valence-corrected chi connectivity index (χ3v) is 7.32. The molecule has 0 bridgehead atoms. The van der Waals surface area contributed by atoms with E-state index < -0.39 is 23.7 Å². The number of para-hydroxylation sites is 2. The number of aryl methyl sites for hydroxylation is 1. The van der Waals surface area contributed by atoms with Crippen molar-refractivity contribution in [1.82, 2.24) is 0 Å². The highest BCUT2D eigenvalue weighted by Gasteiger charge is 2.45. The summed E-state index contributed by atoms with van der Waals surface area (Å²) in [6, 6.07) is 19.9. The fourth-order valence-electron chi connectivity index (χ4n) is 4.46. The van der Waals surface area contributed by atoms with Crippen molar-refractivity contribution >= 4 is 40.0 Å². The number of nitriles is 1. The second-order valence-corrected chi connectivity index (χ2v) is 9.98. The molecule has 0 aliphatic carbocycles. The van der Waals surface area contributed by atoms with Crippen LogP contribution in [0.1, 0.15) is 24.4 Å². The fraction of sp³-hybridized carbons (Fsp3) is 0.267. The standard InChI is InChI=1S/C30H30N4O5S/c1-5-38-21-13-11-20(12-14-21)33-26(35)17-40-30-22(16-31)28(25-15-10-18(2)39-25)27(19(3)32-30)29(36)34-23-8-6-7-9-24(23)37-4/h6-15,22,27-28H,3,5,17H2,1-2,4H3,(H,33,35)(H,34,36)/t22?,27-,28+/m0/s1. The van der Waals surface area contributed by atoms with E-state index >= 15 is 0 Å². The van der Waals surface area contributed by atoms with Crippen molar-refractivity contribution in [3.8, 4) is 17.6 Å². The van der Waals surface area contributed by atoms with Gasteiger partial charge in [-0.05, 0) is 62.4 Å². The quantitative estimate of drug-likeness (QED) is 0.341. The molecule has 10 heteroatoms. The lowest BCUT2D eigenvalue weighted by Crippen LogP contribution is -2.38. The van der Waals surface area contributed by atoms with E-state index in [1.54, 1.807) is 67.6 Å². The Morgan fingerprint density at radius 2 is 1.88 bits per heavy atom. The Morgan fingerprint density at radius 1 is 1.12 bits per heavy atom. The van der Waals surface area contributed by atoms with Gasteiger partial charge in [0.2, 0.25) is 11.8 Å². The average Bonchev–Trinajstić information content (AvgIpc) is 3.38. The number of hydrogen-bond donors (Lipinski definition) is 2. The first-order valence-electron chi connectivity index (χ1n) is 12.7. The number of nitrogens with zero attached hydrogens (tertiary/aromatic N) is 2. The SMILES string of the molecule is C=C1N=C(SCC(=O)Nc2ccc(OCC)cc2)C(C#N)[C@H](c2ccc(C)o2)[C@H]1C(=O)Nc1ccccc1OC. The van der Waals surface area contributed by atoms with Gasteiger partial charge in [-0.25, -0.2) is 4.99 Å². The molecule has 0 spiro atoms. The molecule has 1 aliphatic heterocycles. The molecule has 1 aromatic heterocycles. The predicted molar refractivity (Wildman–Crippen MR) is 156 cm³/mol. The van der Waals surface area contributed by atoms with Gasteiger partial charge in [0, 0.05) is 11.4 Å². The molecule has 2 heterocycles. The summed E-state index contributed by atoms with van der Waals surface area (Å²) in [5.74, 6) is -0.743. The van der Waals surface area contributed by atoms with Crippen molar-refractivity contribution in [3.63, 3.8) is 0 Å². The maximum absolute atomic E-state index is 13.6. The van der Waals surface area contributed by atoms with Gasteiger partial charge < -0.3 is 24.5 Å². The van der Waals surface area contributed by atoms with Gasteiger partial charge in [-0.3, -0.25) is 9.59 Å². The number of methoxy groups -OCH3 is 1. The van der Waals surface area contributed by atoms with Crippen LogP contribution >= 0.6 is 11.8 Å². The second-order valence-electron chi connectivity index (χ2n) is 8.98. The van der Waals surface area contributed by atoms with Crippen LogP contribution < -0.4 is 20.1 Å². The average molecular weight is 559 g/mol. The van der Waals surface area contributed by atoms with Gasteiger partial charge in [-0.15, -0.1) is 0 Å². The molecule has 2 aromatic carbocycles. The molecule has 3 aromatic rings. The maximum atomic E-state index is 13.6. The summed E-state index contributed by atoms with van der Waals surface area (Å²) in [4.78, 5) is 30.9. The molecule has 9 nitrogen and oxygen atoms in total. The van der Waals surface area contributed by atoms with Gasteiger partial charge >= 0.3 is 0 Å². The lowest BCUT2D eigenvalue weighted by molar-refractivity contribution is -0.119. The van der Waals surface area contributed by atoms with E-state index in [0.29, 0.717) is 46.0 Å². The largest absolute Gasteiger partial charge is 0.495 e. The van der Waals surface area contributed by atoms with Crippen LogP contribution in [-0.2, 0) is 9.59 Å². The zero-order valence-electron chi connectivity index (χ0n) is 22.5. The molecule has 1 aliphatic rings. The van der Waals surface area contributed by atoms with Crippen LogP contribution in [0, 0.1) is 30.1 Å². The number of amides is 2. The number of benzene rings is 2. The maximum Gasteiger partial charge on any atom is 0.234 e. The van der Waals surface area contributed by atoms with E-state index in [0.717, 1.165) is 11.8 Å². The van der Waals surface area contributed by atoms with Crippen LogP contribution in [-0.4, -0.2) is 36.3 Å². The number of thioether (sulfide) groups is 1. The summed E-state index contributed by atoms with van der Waals surface area (Å²) >= 11 is 1.14. The van der Waals surface area contributed by atoms with E-state index in [4.69, 9.17) is 13.9 Å². The first-order valence-corrected chi connectivity index (χ1v) is 13.7. The lowest BCUT2D eigenvalue weighted by atomic mass is 9.76. The number of hydrogen-bond acceptors (Lipinski definition) is 8. The van der Waals surface area contributed by atoms with Crippen LogP contribution in [0.15, 0.2) is 82.3 Å². The Hall–Kier alpha value is -4.49. The van der Waals surface area contributed by atoms with Crippen molar-refractivity contribution in [2.45, 2.75) is 19.8 Å². The van der Waals surface area contributed by atoms with E-state index in [-0.39, 0.29) is 17.4 Å². The van der Waals surface area contributed by atoms with Crippen molar-refractivity contribution in [1.29, 1.82) is 5.26 Å². The minimum atomic E-state index is -0.887. The summed E-state index contributed by atoms with van der Waals surface area (Å²) in [5, 5.41) is 16.4. The van der Waals surface area contributed by atoms with Crippen LogP contribution in [0.25, 0.3) is 0 Å². The van der Waals surface area contributed by atoms with Gasteiger partial charge in [0.05, 0.1) is 48.1 Å². The molecule has 0 radical (unpaired) electrons. The van der Waals surface area contributed by atoms with Crippen LogP contribution in [0.3, 0.4) is 0 Å². The molecular weight excluding hydrogens is 528 g/mol. The van der Waals surface area contributed by atoms with Crippen molar-refractivity contribution in [3.05, 3.63) is 84.5 Å². The monoisotopic (exact) mass is 558 g/mol. The zero-order chi connectivity index (χ0) is 28.6.